The van der Waals surface area contributed by atoms with E-state index in [0.717, 1.165) is 10.5 Å². The Bertz CT molecular complexity index is 700. The zero-order chi connectivity index (χ0) is 15.6. The number of imide groups is 1. The quantitative estimate of drug-likeness (QED) is 0.674. The maximum Gasteiger partial charge on any atom is 0.322 e. The second kappa shape index (κ2) is 5.85. The average Bonchev–Trinajstić information content (AvgIpc) is 2.79. The molecule has 2 aromatic rings. The summed E-state index contributed by atoms with van der Waals surface area (Å²) in [5.41, 5.74) is 1.48. The van der Waals surface area contributed by atoms with Gasteiger partial charge in [-0.15, -0.1) is 11.8 Å². The van der Waals surface area contributed by atoms with E-state index in [2.05, 4.69) is 34.9 Å². The highest BCUT2D eigenvalue weighted by Gasteiger charge is 2.41. The van der Waals surface area contributed by atoms with Crippen LogP contribution in [0.5, 0.6) is 0 Å². The predicted octanol–water partition coefficient (Wildman–Crippen LogP) is 3.04. The molecule has 1 aliphatic heterocycles. The van der Waals surface area contributed by atoms with Crippen molar-refractivity contribution in [1.29, 1.82) is 0 Å². The van der Waals surface area contributed by atoms with Crippen molar-refractivity contribution in [2.75, 3.05) is 5.75 Å². The fourth-order valence-electron chi connectivity index (χ4n) is 2.28. The number of amides is 3. The van der Waals surface area contributed by atoms with Gasteiger partial charge in [0.2, 0.25) is 0 Å². The van der Waals surface area contributed by atoms with E-state index in [9.17, 15) is 9.59 Å². The number of carbonyl (C=O) groups is 2. The number of thioether (sulfide) groups is 1. The van der Waals surface area contributed by atoms with Gasteiger partial charge in [-0.25, -0.2) is 4.79 Å². The molecule has 2 N–H and O–H groups in total. The molecule has 1 atom stereocenters. The van der Waals surface area contributed by atoms with Crippen molar-refractivity contribution in [1.82, 2.24) is 10.6 Å². The van der Waals surface area contributed by atoms with Crippen molar-refractivity contribution in [3.63, 3.8) is 0 Å². The number of rotatable bonds is 4. The first-order valence-electron chi connectivity index (χ1n) is 6.99. The van der Waals surface area contributed by atoms with Crippen LogP contribution >= 0.6 is 11.8 Å². The lowest BCUT2D eigenvalue weighted by Crippen LogP contribution is -2.46. The lowest BCUT2D eigenvalue weighted by molar-refractivity contribution is -0.122. The summed E-state index contributed by atoms with van der Waals surface area (Å²) < 4.78 is 0. The van der Waals surface area contributed by atoms with Crippen LogP contribution in [0.2, 0.25) is 0 Å². The van der Waals surface area contributed by atoms with E-state index in [1.807, 2.05) is 30.3 Å². The lowest BCUT2D eigenvalue weighted by Gasteiger charge is -2.19. The number of benzene rings is 2. The van der Waals surface area contributed by atoms with Crippen LogP contribution < -0.4 is 10.6 Å². The van der Waals surface area contributed by atoms with Crippen molar-refractivity contribution in [2.45, 2.75) is 17.4 Å². The number of hydrogen-bond acceptors (Lipinski definition) is 3. The molecule has 5 heteroatoms. The van der Waals surface area contributed by atoms with Crippen molar-refractivity contribution in [3.05, 3.63) is 54.6 Å². The molecule has 1 aliphatic rings. The van der Waals surface area contributed by atoms with Gasteiger partial charge in [-0.05, 0) is 30.2 Å². The Morgan fingerprint density at radius 1 is 0.955 bits per heavy atom. The molecule has 1 unspecified atom stereocenters. The molecule has 1 saturated heterocycles. The number of urea groups is 1. The van der Waals surface area contributed by atoms with Crippen molar-refractivity contribution in [3.8, 4) is 11.1 Å². The molecule has 0 saturated carbocycles. The molecular weight excluding hydrogens is 296 g/mol. The zero-order valence-electron chi connectivity index (χ0n) is 12.1. The first kappa shape index (κ1) is 14.7. The van der Waals surface area contributed by atoms with Crippen LogP contribution in [0.25, 0.3) is 11.1 Å². The van der Waals surface area contributed by atoms with Crippen molar-refractivity contribution in [2.24, 2.45) is 0 Å². The van der Waals surface area contributed by atoms with Gasteiger partial charge in [-0.3, -0.25) is 10.1 Å². The Hall–Kier alpha value is -2.27. The normalized spacial score (nSPS) is 20.6. The fraction of sp³-hybridized carbons (Fsp3) is 0.176. The second-order valence-corrected chi connectivity index (χ2v) is 6.47. The van der Waals surface area contributed by atoms with E-state index in [1.54, 1.807) is 18.7 Å². The smallest absolute Gasteiger partial charge is 0.322 e. The van der Waals surface area contributed by atoms with Gasteiger partial charge in [0.15, 0.2) is 0 Å². The topological polar surface area (TPSA) is 58.2 Å². The SMILES string of the molecule is CC1(CSc2ccc(-c3ccccc3)cc2)NC(=O)NC1=O. The molecule has 4 nitrogen and oxygen atoms in total. The zero-order valence-corrected chi connectivity index (χ0v) is 12.9. The monoisotopic (exact) mass is 312 g/mol. The highest BCUT2D eigenvalue weighted by atomic mass is 32.2. The summed E-state index contributed by atoms with van der Waals surface area (Å²) in [6, 6.07) is 17.9. The molecule has 0 aliphatic carbocycles. The van der Waals surface area contributed by atoms with Crippen LogP contribution in [0.4, 0.5) is 4.79 Å². The summed E-state index contributed by atoms with van der Waals surface area (Å²) in [5.74, 6) is 0.223. The van der Waals surface area contributed by atoms with Crippen LogP contribution in [0.1, 0.15) is 6.92 Å². The Morgan fingerprint density at radius 2 is 1.59 bits per heavy atom. The lowest BCUT2D eigenvalue weighted by atomic mass is 10.1. The van der Waals surface area contributed by atoms with Gasteiger partial charge >= 0.3 is 6.03 Å². The molecule has 3 rings (SSSR count). The summed E-state index contributed by atoms with van der Waals surface area (Å²) in [7, 11) is 0. The molecule has 2 aromatic carbocycles. The fourth-order valence-corrected chi connectivity index (χ4v) is 3.27. The van der Waals surface area contributed by atoms with Crippen LogP contribution in [0, 0.1) is 0 Å². The molecule has 0 radical (unpaired) electrons. The molecule has 3 amide bonds. The van der Waals surface area contributed by atoms with Gasteiger partial charge in [0, 0.05) is 10.6 Å². The van der Waals surface area contributed by atoms with Gasteiger partial charge in [-0.1, -0.05) is 42.5 Å². The second-order valence-electron chi connectivity index (χ2n) is 5.42. The highest BCUT2D eigenvalue weighted by Crippen LogP contribution is 2.27. The summed E-state index contributed by atoms with van der Waals surface area (Å²) in [5, 5.41) is 4.94. The third kappa shape index (κ3) is 2.99. The molecule has 22 heavy (non-hydrogen) atoms. The van der Waals surface area contributed by atoms with Crippen molar-refractivity contribution >= 4 is 23.7 Å². The Labute approximate surface area is 133 Å². The van der Waals surface area contributed by atoms with E-state index in [4.69, 9.17) is 0 Å². The van der Waals surface area contributed by atoms with Gasteiger partial charge in [-0.2, -0.15) is 0 Å². The standard InChI is InChI=1S/C17H16N2O2S/c1-17(15(20)18-16(21)19-17)11-22-14-9-7-13(8-10-14)12-5-3-2-4-6-12/h2-10H,11H2,1H3,(H2,18,19,20,21). The Morgan fingerprint density at radius 3 is 2.18 bits per heavy atom. The largest absolute Gasteiger partial charge is 0.323 e. The Kier molecular flexibility index (Phi) is 3.90. The maximum absolute atomic E-state index is 11.8. The van der Waals surface area contributed by atoms with Crippen LogP contribution in [0.15, 0.2) is 59.5 Å². The molecular formula is C17H16N2O2S. The molecule has 0 spiro atoms. The van der Waals surface area contributed by atoms with Gasteiger partial charge in [0.25, 0.3) is 5.91 Å². The van der Waals surface area contributed by atoms with E-state index >= 15 is 0 Å². The first-order valence-corrected chi connectivity index (χ1v) is 7.97. The minimum absolute atomic E-state index is 0.272. The van der Waals surface area contributed by atoms with Crippen molar-refractivity contribution < 1.29 is 9.59 Å². The van der Waals surface area contributed by atoms with Crippen LogP contribution in [-0.2, 0) is 4.79 Å². The summed E-state index contributed by atoms with van der Waals surface area (Å²) in [4.78, 5) is 24.1. The van der Waals surface area contributed by atoms with E-state index in [-0.39, 0.29) is 5.91 Å². The summed E-state index contributed by atoms with van der Waals surface area (Å²) in [6.45, 7) is 1.73. The Balaban J connectivity index is 1.67. The number of nitrogens with one attached hydrogen (secondary N) is 2. The average molecular weight is 312 g/mol. The third-order valence-electron chi connectivity index (χ3n) is 3.61. The molecule has 0 aromatic heterocycles. The van der Waals surface area contributed by atoms with Crippen LogP contribution in [-0.4, -0.2) is 23.2 Å². The summed E-state index contributed by atoms with van der Waals surface area (Å²) in [6.07, 6.45) is 0. The minimum Gasteiger partial charge on any atom is -0.323 e. The molecule has 0 bridgehead atoms. The van der Waals surface area contributed by atoms with E-state index in [1.165, 1.54) is 5.56 Å². The number of carbonyl (C=O) groups excluding carboxylic acids is 2. The maximum atomic E-state index is 11.8. The van der Waals surface area contributed by atoms with Gasteiger partial charge in [0.05, 0.1) is 0 Å². The number of hydrogen-bond donors (Lipinski definition) is 2. The molecule has 1 heterocycles. The van der Waals surface area contributed by atoms with Gasteiger partial charge in [0.1, 0.15) is 5.54 Å². The van der Waals surface area contributed by atoms with E-state index in [0.29, 0.717) is 5.75 Å². The van der Waals surface area contributed by atoms with Crippen LogP contribution in [0.3, 0.4) is 0 Å². The first-order chi connectivity index (χ1) is 10.6. The summed E-state index contributed by atoms with van der Waals surface area (Å²) >= 11 is 1.55. The van der Waals surface area contributed by atoms with Gasteiger partial charge < -0.3 is 5.32 Å². The molecule has 1 fully saturated rings. The van der Waals surface area contributed by atoms with E-state index < -0.39 is 11.6 Å². The highest BCUT2D eigenvalue weighted by molar-refractivity contribution is 7.99. The molecule has 112 valence electrons. The minimum atomic E-state index is -0.847. The third-order valence-corrected chi connectivity index (χ3v) is 4.93. The predicted molar refractivity (Wildman–Crippen MR) is 87.7 cm³/mol.